The smallest absolute Gasteiger partial charge is 0.342 e. The van der Waals surface area contributed by atoms with E-state index >= 15 is 0 Å². The zero-order chi connectivity index (χ0) is 61.9. The van der Waals surface area contributed by atoms with Crippen LogP contribution < -0.4 is 44.9 Å². The summed E-state index contributed by atoms with van der Waals surface area (Å²) in [7, 11) is 1.40. The fourth-order valence-electron chi connectivity index (χ4n) is 6.70. The molecule has 0 saturated carbocycles. The number of nitro benzene ring substituents is 1. The minimum absolute atomic E-state index is 0.0826. The van der Waals surface area contributed by atoms with Gasteiger partial charge in [-0.2, -0.15) is 0 Å². The number of nitrogens with zero attached hydrogens (tertiary/aromatic N) is 2. The van der Waals surface area contributed by atoms with Gasteiger partial charge in [-0.25, -0.2) is 24.0 Å². The molecule has 0 spiro atoms. The van der Waals surface area contributed by atoms with Crippen LogP contribution in [0.1, 0.15) is 84.2 Å². The number of nitrogen functional groups attached to an aromatic ring is 7. The number of fused-ring (bicyclic) bond motifs is 1. The minimum atomic E-state index is -1.34. The molecule has 2 atom stereocenters. The van der Waals surface area contributed by atoms with Crippen molar-refractivity contribution >= 4 is 132 Å². The van der Waals surface area contributed by atoms with E-state index < -0.39 is 71.0 Å². The van der Waals surface area contributed by atoms with Crippen LogP contribution >= 0.6 is 45.2 Å². The van der Waals surface area contributed by atoms with Gasteiger partial charge in [0.1, 0.15) is 34.3 Å². The van der Waals surface area contributed by atoms with Gasteiger partial charge in [-0.15, -0.1) is 0 Å². The first-order valence-electron chi connectivity index (χ1n) is 22.7. The molecule has 8 rings (SSSR count). The van der Waals surface area contributed by atoms with E-state index in [0.29, 0.717) is 41.1 Å². The number of methoxy groups -OCH3 is 1. The molecular weight excluding hydrogens is 1300 g/mol. The third kappa shape index (κ3) is 18.0. The van der Waals surface area contributed by atoms with Crippen LogP contribution in [0.25, 0.3) is 0 Å². The van der Waals surface area contributed by atoms with Crippen LogP contribution in [0.2, 0.25) is 0 Å². The van der Waals surface area contributed by atoms with Gasteiger partial charge in [0.25, 0.3) is 17.5 Å². The lowest BCUT2D eigenvalue weighted by atomic mass is 10.0. The van der Waals surface area contributed by atoms with Crippen molar-refractivity contribution in [3.05, 3.63) is 195 Å². The largest absolute Gasteiger partial charge is 0.506 e. The lowest BCUT2D eigenvalue weighted by Crippen LogP contribution is -2.45. The number of halogens is 2. The number of carbonyl (C=O) groups excluding carboxylic acids is 2. The number of aliphatic hydroxyl groups excluding tert-OH is 2. The van der Waals surface area contributed by atoms with Crippen LogP contribution in [0.15, 0.2) is 133 Å². The number of rotatable bonds is 11. The molecule has 1 aliphatic rings. The molecular formula is C53H51I2N9O18. The summed E-state index contributed by atoms with van der Waals surface area (Å²) >= 11 is 3.73. The first-order valence-corrected chi connectivity index (χ1v) is 24.8. The topological polar surface area (TPSA) is 519 Å². The Kier molecular flexibility index (Phi) is 24.6. The highest BCUT2D eigenvalue weighted by Crippen LogP contribution is 2.34. The van der Waals surface area contributed by atoms with E-state index in [-0.39, 0.29) is 61.8 Å². The predicted octanol–water partition coefficient (Wildman–Crippen LogP) is 6.21. The number of phenols is 1. The van der Waals surface area contributed by atoms with Crippen LogP contribution in [-0.4, -0.2) is 112 Å². The van der Waals surface area contributed by atoms with Gasteiger partial charge in [0, 0.05) is 49.8 Å². The number of aliphatic hydroxyl groups is 2. The Morgan fingerprint density at radius 3 is 1.44 bits per heavy atom. The van der Waals surface area contributed by atoms with Crippen molar-refractivity contribution in [2.75, 3.05) is 53.9 Å². The number of imide groups is 1. The number of carboxylic acids is 5. The first kappa shape index (κ1) is 66.3. The van der Waals surface area contributed by atoms with E-state index in [2.05, 4.69) is 0 Å². The van der Waals surface area contributed by atoms with E-state index in [1.54, 1.807) is 60.7 Å². The molecule has 0 aliphatic carbocycles. The molecule has 0 aromatic heterocycles. The van der Waals surface area contributed by atoms with Crippen LogP contribution in [-0.2, 0) is 0 Å². The van der Waals surface area contributed by atoms with Gasteiger partial charge in [0.15, 0.2) is 0 Å². The number of anilines is 7. The molecule has 0 saturated heterocycles. The lowest BCUT2D eigenvalue weighted by molar-refractivity contribution is -0.385. The summed E-state index contributed by atoms with van der Waals surface area (Å²) in [6.45, 7) is -0.545. The quantitative estimate of drug-likeness (QED) is 0.0225. The second-order valence-corrected chi connectivity index (χ2v) is 18.6. The first-order chi connectivity index (χ1) is 38.5. The van der Waals surface area contributed by atoms with Crippen molar-refractivity contribution < 1.29 is 84.1 Å². The highest BCUT2D eigenvalue weighted by atomic mass is 127. The van der Waals surface area contributed by atoms with Gasteiger partial charge >= 0.3 is 29.8 Å². The molecule has 27 nitrogen and oxygen atoms in total. The van der Waals surface area contributed by atoms with Crippen molar-refractivity contribution in [2.45, 2.75) is 12.1 Å². The molecule has 7 aromatic carbocycles. The second kappa shape index (κ2) is 30.4. The number of hydrogen-bond acceptors (Lipinski definition) is 20. The monoisotopic (exact) mass is 1360 g/mol. The minimum Gasteiger partial charge on any atom is -0.506 e. The van der Waals surface area contributed by atoms with Crippen molar-refractivity contribution in [3.63, 3.8) is 0 Å². The number of nitrogens with two attached hydrogens (primary N) is 7. The fraction of sp³-hybridized carbons (Fsp3) is 0.0755. The highest BCUT2D eigenvalue weighted by Gasteiger charge is 2.42. The summed E-state index contributed by atoms with van der Waals surface area (Å²) < 4.78 is 5.83. The van der Waals surface area contributed by atoms with Gasteiger partial charge < -0.3 is 85.7 Å². The summed E-state index contributed by atoms with van der Waals surface area (Å²) in [6.07, 6.45) is -1.21. The SMILES string of the molecule is COc1cc(N)ccc1C(=O)O.Nc1c(I)cc(C(=O)O)c(O)c1I.Nc1ccc(C(=O)O)c(N)c1.Nc1ccc(C(=O)O)c([N+](=O)[O-])c1.Nc1ccc(C(=O)O)cc1.Nc1ccc(C(O)C(CO)N2C(=O)c3ccccc3C2=O)cc1. The Hall–Kier alpha value is -9.99. The number of carbonyl (C=O) groups is 7. The Labute approximate surface area is 491 Å². The summed E-state index contributed by atoms with van der Waals surface area (Å²) in [5.41, 5.74) is 41.3. The zero-order valence-corrected chi connectivity index (χ0v) is 46.7. The number of aromatic hydroxyl groups is 1. The van der Waals surface area contributed by atoms with Crippen molar-refractivity contribution in [1.29, 1.82) is 0 Å². The van der Waals surface area contributed by atoms with E-state index in [4.69, 9.17) is 70.4 Å². The highest BCUT2D eigenvalue weighted by molar-refractivity contribution is 14.1. The average molecular weight is 1360 g/mol. The number of hydrogen-bond donors (Lipinski definition) is 15. The number of nitro groups is 1. The van der Waals surface area contributed by atoms with E-state index in [0.717, 1.165) is 17.0 Å². The van der Waals surface area contributed by atoms with Gasteiger partial charge in [0.2, 0.25) is 0 Å². The fourth-order valence-corrected chi connectivity index (χ4v) is 8.38. The molecule has 2 unspecified atom stereocenters. The van der Waals surface area contributed by atoms with Crippen molar-refractivity contribution in [1.82, 2.24) is 4.90 Å². The Morgan fingerprint density at radius 1 is 0.585 bits per heavy atom. The maximum atomic E-state index is 12.5. The molecule has 7 aromatic rings. The normalized spacial score (nSPS) is 11.5. The third-order valence-corrected chi connectivity index (χ3v) is 12.8. The number of carboxylic acid groups (broad SMARTS) is 5. The maximum Gasteiger partial charge on any atom is 0.342 e. The molecule has 0 bridgehead atoms. The average Bonchev–Trinajstić information content (AvgIpc) is 3.98. The molecule has 0 fully saturated rings. The van der Waals surface area contributed by atoms with Gasteiger partial charge in [-0.3, -0.25) is 24.6 Å². The predicted molar refractivity (Wildman–Crippen MR) is 317 cm³/mol. The molecule has 82 heavy (non-hydrogen) atoms. The van der Waals surface area contributed by atoms with Gasteiger partial charge in [-0.1, -0.05) is 24.3 Å². The molecule has 22 N–H and O–H groups in total. The van der Waals surface area contributed by atoms with Crippen LogP contribution in [0.3, 0.4) is 0 Å². The maximum absolute atomic E-state index is 12.5. The molecule has 29 heteroatoms. The van der Waals surface area contributed by atoms with Gasteiger partial charge in [0.05, 0.1) is 56.2 Å². The number of benzene rings is 7. The van der Waals surface area contributed by atoms with E-state index in [1.165, 1.54) is 67.8 Å². The van der Waals surface area contributed by atoms with E-state index in [9.17, 15) is 59.0 Å². The molecule has 2 amide bonds. The standard InChI is InChI=1S/C17H16N2O4.C8H9NO3.C7H5I2NO3.C7H6N2O4.C7H8N2O2.C7H7NO2/c18-11-7-5-10(6-8-11)15(21)14(9-20)19-16(22)12-3-1-2-4-13(12)17(19)23;1-12-7-4-5(9)2-3-6(7)8(10)11;8-3-1-2(7(12)13)6(11)4(9)5(3)10;8-4-1-2-5(7(10)11)6(3-4)9(12)13;8-4-1-2-5(7(10)11)6(9)3-4;8-6-3-1-5(2-4-6)7(9)10/h1-8,14-15,20-21H,9,18H2;2-4H,9H2,1H3,(H,10,11);1,11H,10H2,(H,12,13);1-3H,8H2,(H,10,11);1-3H,8-9H2,(H,10,11);1-4H,8H2,(H,9,10). The molecule has 0 radical (unpaired) electrons. The number of aromatic carboxylic acids is 5. The lowest BCUT2D eigenvalue weighted by Gasteiger charge is -2.29. The van der Waals surface area contributed by atoms with Crippen LogP contribution in [0, 0.1) is 17.3 Å². The number of amides is 2. The molecule has 1 aliphatic heterocycles. The van der Waals surface area contributed by atoms with Crippen LogP contribution in [0.4, 0.5) is 45.5 Å². The number of ether oxygens (including phenoxy) is 1. The zero-order valence-electron chi connectivity index (χ0n) is 42.4. The van der Waals surface area contributed by atoms with Gasteiger partial charge in [-0.05, 0) is 148 Å². The second-order valence-electron chi connectivity index (χ2n) is 16.4. The summed E-state index contributed by atoms with van der Waals surface area (Å²) in [5.74, 6) is -6.51. The molecule has 430 valence electrons. The van der Waals surface area contributed by atoms with Crippen molar-refractivity contribution in [3.8, 4) is 11.5 Å². The van der Waals surface area contributed by atoms with Crippen LogP contribution in [0.5, 0.6) is 11.5 Å². The van der Waals surface area contributed by atoms with Crippen molar-refractivity contribution in [2.24, 2.45) is 0 Å². The molecule has 1 heterocycles. The summed E-state index contributed by atoms with van der Waals surface area (Å²) in [6, 6.07) is 31.3. The van der Waals surface area contributed by atoms with E-state index in [1.807, 2.05) is 45.2 Å². The summed E-state index contributed by atoms with van der Waals surface area (Å²) in [4.78, 5) is 87.8. The Morgan fingerprint density at radius 2 is 1.01 bits per heavy atom. The summed E-state index contributed by atoms with van der Waals surface area (Å²) in [5, 5.41) is 82.8. The Bertz CT molecular complexity index is 3480. The Balaban J connectivity index is 0.000000266. The third-order valence-electron chi connectivity index (χ3n) is 10.8.